The molecule has 2 heterocycles. The molecule has 0 unspecified atom stereocenters. The summed E-state index contributed by atoms with van der Waals surface area (Å²) >= 11 is 0. The number of fused-ring (bicyclic) bond motifs is 16. The summed E-state index contributed by atoms with van der Waals surface area (Å²) in [5.41, 5.74) is 19.1. The Labute approximate surface area is 517 Å². The average molecular weight is 1130 g/mol. The highest BCUT2D eigenvalue weighted by atomic mass is 15.2. The zero-order chi connectivity index (χ0) is 58.5. The second-order valence-corrected chi connectivity index (χ2v) is 23.5. The van der Waals surface area contributed by atoms with Gasteiger partial charge in [0, 0.05) is 62.6 Å². The summed E-state index contributed by atoms with van der Waals surface area (Å²) in [4.78, 5) is 10.0. The normalized spacial score (nSPS) is 12.4. The summed E-state index contributed by atoms with van der Waals surface area (Å²) in [5.74, 6) is 0. The molecule has 0 spiro atoms. The fourth-order valence-corrected chi connectivity index (χ4v) is 14.9. The second kappa shape index (κ2) is 20.5. The van der Waals surface area contributed by atoms with Gasteiger partial charge in [-0.3, -0.25) is 0 Å². The fourth-order valence-electron chi connectivity index (χ4n) is 14.9. The third-order valence-electron chi connectivity index (χ3n) is 18.7. The van der Waals surface area contributed by atoms with E-state index in [2.05, 4.69) is 353 Å². The van der Waals surface area contributed by atoms with Crippen molar-refractivity contribution in [3.8, 4) is 11.1 Å². The van der Waals surface area contributed by atoms with E-state index < -0.39 is 0 Å². The van der Waals surface area contributed by atoms with Gasteiger partial charge in [0.1, 0.15) is 0 Å². The molecule has 0 radical (unpaired) electrons. The Morgan fingerprint density at radius 1 is 0.202 bits per heavy atom. The molecule has 0 saturated heterocycles. The lowest BCUT2D eigenvalue weighted by atomic mass is 9.33. The highest BCUT2D eigenvalue weighted by Gasteiger charge is 2.45. The largest absolute Gasteiger partial charge is 0.311 e. The number of rotatable bonds is 9. The van der Waals surface area contributed by atoms with Gasteiger partial charge in [-0.05, 0) is 195 Å². The van der Waals surface area contributed by atoms with E-state index >= 15 is 0 Å². The van der Waals surface area contributed by atoms with Crippen LogP contribution in [0.4, 0.5) is 68.2 Å². The van der Waals surface area contributed by atoms with Crippen LogP contribution in [0.3, 0.4) is 0 Å². The predicted molar refractivity (Wildman–Crippen MR) is 380 cm³/mol. The summed E-state index contributed by atoms with van der Waals surface area (Å²) in [6.07, 6.45) is 0. The first-order valence-corrected chi connectivity index (χ1v) is 30.8. The van der Waals surface area contributed by atoms with Crippen molar-refractivity contribution < 1.29 is 0 Å². The SMILES string of the molecule is c1ccc(-c2ccc3c(c2)B2c4ccc(N(c5ccccc5)c5ccccc5)cc4N(c4ccc5c6ccccc6c6ccccc6c5c4)c4cc(N(c5ccccc5)c5ccccc5)cc(c42)N3c2ccc3c4ccccc4c4ccccc4c3c2)cc1. The molecule has 0 atom stereocenters. The molecule has 16 aromatic rings. The van der Waals surface area contributed by atoms with E-state index in [1.165, 1.54) is 92.2 Å². The smallest absolute Gasteiger partial charge is 0.252 e. The van der Waals surface area contributed by atoms with Gasteiger partial charge in [-0.15, -0.1) is 0 Å². The van der Waals surface area contributed by atoms with Gasteiger partial charge in [-0.25, -0.2) is 0 Å². The summed E-state index contributed by atoms with van der Waals surface area (Å²) < 4.78 is 0. The average Bonchev–Trinajstić information content (AvgIpc) is 2.68. The van der Waals surface area contributed by atoms with Gasteiger partial charge in [0.15, 0.2) is 0 Å². The maximum atomic E-state index is 2.60. The first-order chi connectivity index (χ1) is 44.2. The molecule has 0 fully saturated rings. The van der Waals surface area contributed by atoms with Gasteiger partial charge in [-0.2, -0.15) is 0 Å². The van der Waals surface area contributed by atoms with Crippen molar-refractivity contribution in [1.29, 1.82) is 0 Å². The molecule has 0 N–H and O–H groups in total. The third-order valence-corrected chi connectivity index (χ3v) is 18.7. The highest BCUT2D eigenvalue weighted by molar-refractivity contribution is 7.00. The Kier molecular flexibility index (Phi) is 11.7. The monoisotopic (exact) mass is 1130 g/mol. The van der Waals surface area contributed by atoms with E-state index in [4.69, 9.17) is 0 Å². The van der Waals surface area contributed by atoms with E-state index in [0.717, 1.165) is 68.2 Å². The van der Waals surface area contributed by atoms with Crippen molar-refractivity contribution in [1.82, 2.24) is 0 Å². The van der Waals surface area contributed by atoms with Gasteiger partial charge >= 0.3 is 0 Å². The van der Waals surface area contributed by atoms with Gasteiger partial charge in [0.25, 0.3) is 6.71 Å². The quantitative estimate of drug-likeness (QED) is 0.105. The van der Waals surface area contributed by atoms with Crippen LogP contribution in [0.1, 0.15) is 0 Å². The van der Waals surface area contributed by atoms with Crippen LogP contribution in [0.2, 0.25) is 0 Å². The Morgan fingerprint density at radius 2 is 0.551 bits per heavy atom. The van der Waals surface area contributed by atoms with Crippen molar-refractivity contribution in [2.45, 2.75) is 0 Å². The molecule has 18 rings (SSSR count). The molecule has 2 aliphatic heterocycles. The maximum Gasteiger partial charge on any atom is 0.252 e. The van der Waals surface area contributed by atoms with E-state index in [-0.39, 0.29) is 6.71 Å². The highest BCUT2D eigenvalue weighted by Crippen LogP contribution is 2.51. The van der Waals surface area contributed by atoms with Crippen LogP contribution in [0.25, 0.3) is 75.8 Å². The number of para-hydroxylation sites is 4. The van der Waals surface area contributed by atoms with E-state index in [1.807, 2.05) is 0 Å². The van der Waals surface area contributed by atoms with Crippen molar-refractivity contribution in [2.75, 3.05) is 19.6 Å². The molecular formula is C84H55BN4. The minimum absolute atomic E-state index is 0.191. The molecule has 0 aliphatic carbocycles. The molecule has 4 nitrogen and oxygen atoms in total. The Morgan fingerprint density at radius 3 is 0.978 bits per heavy atom. The molecule has 0 amide bonds. The van der Waals surface area contributed by atoms with Crippen molar-refractivity contribution in [2.24, 2.45) is 0 Å². The van der Waals surface area contributed by atoms with Crippen LogP contribution in [-0.2, 0) is 0 Å². The lowest BCUT2D eigenvalue weighted by Gasteiger charge is -2.45. The van der Waals surface area contributed by atoms with Gasteiger partial charge < -0.3 is 19.6 Å². The molecule has 5 heteroatoms. The summed E-state index contributed by atoms with van der Waals surface area (Å²) in [6, 6.07) is 124. The van der Waals surface area contributed by atoms with Crippen LogP contribution in [0, 0.1) is 0 Å². The molecule has 414 valence electrons. The fraction of sp³-hybridized carbons (Fsp3) is 0. The number of anilines is 12. The standard InChI is InChI=1S/C84H55BN4/c1-6-24-56(25-7-1)57-42-49-80-79(50-57)85-78-48-45-64(86(58-26-8-2-9-27-58)59-28-10-3-11-29-59)53-81(78)89(63-44-47-75-71-39-19-17-35-67(71)69-37-21-23-41-73(69)77(75)52-63)83-55-65(87(60-30-12-4-13-31-60)61-32-14-5-15-33-61)54-82(84(83)85)88(80)62-43-46-74-70-38-18-16-34-66(70)68-36-20-22-40-72(68)76(74)51-62/h1-55H. The summed E-state index contributed by atoms with van der Waals surface area (Å²) in [6.45, 7) is -0.191. The first-order valence-electron chi connectivity index (χ1n) is 30.8. The zero-order valence-electron chi connectivity index (χ0n) is 48.6. The number of nitrogens with zero attached hydrogens (tertiary/aromatic N) is 4. The Balaban J connectivity index is 0.987. The molecule has 0 bridgehead atoms. The van der Waals surface area contributed by atoms with Crippen LogP contribution in [-0.4, -0.2) is 6.71 Å². The lowest BCUT2D eigenvalue weighted by Crippen LogP contribution is -2.61. The van der Waals surface area contributed by atoms with Gasteiger partial charge in [0.2, 0.25) is 0 Å². The molecule has 0 saturated carbocycles. The van der Waals surface area contributed by atoms with E-state index in [0.29, 0.717) is 0 Å². The predicted octanol–water partition coefficient (Wildman–Crippen LogP) is 21.3. The van der Waals surface area contributed by atoms with Crippen LogP contribution in [0.15, 0.2) is 334 Å². The van der Waals surface area contributed by atoms with Crippen molar-refractivity contribution >= 4 is 156 Å². The zero-order valence-corrected chi connectivity index (χ0v) is 48.6. The second-order valence-electron chi connectivity index (χ2n) is 23.5. The van der Waals surface area contributed by atoms with Crippen LogP contribution >= 0.6 is 0 Å². The van der Waals surface area contributed by atoms with Crippen LogP contribution in [0.5, 0.6) is 0 Å². The van der Waals surface area contributed by atoms with Crippen molar-refractivity contribution in [3.05, 3.63) is 334 Å². The number of hydrogen-bond acceptors (Lipinski definition) is 4. The minimum atomic E-state index is -0.191. The molecular weight excluding hydrogens is 1080 g/mol. The Hall–Kier alpha value is -11.7. The number of benzene rings is 16. The lowest BCUT2D eigenvalue weighted by molar-refractivity contribution is 1.22. The summed E-state index contributed by atoms with van der Waals surface area (Å²) in [5, 5.41) is 14.9. The number of hydrogen-bond donors (Lipinski definition) is 0. The maximum absolute atomic E-state index is 2.60. The van der Waals surface area contributed by atoms with Crippen LogP contribution < -0.4 is 36.0 Å². The topological polar surface area (TPSA) is 13.0 Å². The van der Waals surface area contributed by atoms with Crippen molar-refractivity contribution in [3.63, 3.8) is 0 Å². The Bertz CT molecular complexity index is 5320. The third kappa shape index (κ3) is 8.09. The molecule has 2 aliphatic rings. The molecule has 89 heavy (non-hydrogen) atoms. The minimum Gasteiger partial charge on any atom is -0.311 e. The van der Waals surface area contributed by atoms with Gasteiger partial charge in [0.05, 0.1) is 5.69 Å². The first kappa shape index (κ1) is 50.6. The summed E-state index contributed by atoms with van der Waals surface area (Å²) in [7, 11) is 0. The van der Waals surface area contributed by atoms with E-state index in [9.17, 15) is 0 Å². The molecule has 16 aromatic carbocycles. The molecule has 0 aromatic heterocycles. The van der Waals surface area contributed by atoms with E-state index in [1.54, 1.807) is 0 Å². The van der Waals surface area contributed by atoms with Gasteiger partial charge in [-0.1, -0.05) is 231 Å².